The van der Waals surface area contributed by atoms with Crippen LogP contribution in [0.15, 0.2) is 11.0 Å². The monoisotopic (exact) mass is 379 g/mol. The van der Waals surface area contributed by atoms with Crippen LogP contribution in [0, 0.1) is 12.3 Å². The van der Waals surface area contributed by atoms with E-state index in [-0.39, 0.29) is 29.0 Å². The number of aryl methyl sites for hydroxylation is 1. The van der Waals surface area contributed by atoms with E-state index in [1.807, 2.05) is 27.7 Å². The molecule has 2 fully saturated rings. The fourth-order valence-electron chi connectivity index (χ4n) is 4.22. The molecule has 3 rings (SSSR count). The molecular formula is C20H33N3O4. The summed E-state index contributed by atoms with van der Waals surface area (Å²) >= 11 is 0. The van der Waals surface area contributed by atoms with Gasteiger partial charge in [-0.1, -0.05) is 20.8 Å². The maximum atomic E-state index is 12.5. The van der Waals surface area contributed by atoms with Gasteiger partial charge < -0.3 is 19.9 Å². The molecule has 2 saturated heterocycles. The third-order valence-corrected chi connectivity index (χ3v) is 5.05. The van der Waals surface area contributed by atoms with E-state index in [1.54, 1.807) is 6.20 Å². The maximum Gasteiger partial charge on any atom is 0.351 e. The summed E-state index contributed by atoms with van der Waals surface area (Å²) in [6.07, 6.45) is 2.03. The van der Waals surface area contributed by atoms with E-state index in [9.17, 15) is 4.79 Å². The van der Waals surface area contributed by atoms with Gasteiger partial charge in [-0.3, -0.25) is 4.57 Å². The summed E-state index contributed by atoms with van der Waals surface area (Å²) < 4.78 is 20.6. The third kappa shape index (κ3) is 4.05. The minimum atomic E-state index is -0.582. The number of hydrogen-bond acceptors (Lipinski definition) is 6. The molecule has 1 aromatic heterocycles. The molecular weight excluding hydrogens is 346 g/mol. The van der Waals surface area contributed by atoms with Crippen LogP contribution >= 0.6 is 0 Å². The van der Waals surface area contributed by atoms with Gasteiger partial charge in [-0.15, -0.1) is 0 Å². The normalized spacial score (nSPS) is 31.3. The van der Waals surface area contributed by atoms with E-state index < -0.39 is 17.5 Å². The lowest BCUT2D eigenvalue weighted by molar-refractivity contribution is -0.195. The predicted octanol–water partition coefficient (Wildman–Crippen LogP) is 2.81. The SMILES string of the molecule is Cc1cn([C@@H]2O[C@@]3(CC(C)(C)C)CCOC2[C@H]3OC(C)(C)C)c(=O)nc1N. The van der Waals surface area contributed by atoms with Gasteiger partial charge in [-0.05, 0) is 39.5 Å². The van der Waals surface area contributed by atoms with Crippen LogP contribution in [0.2, 0.25) is 0 Å². The molecule has 0 spiro atoms. The molecule has 3 heterocycles. The van der Waals surface area contributed by atoms with Crippen molar-refractivity contribution in [2.45, 2.75) is 90.9 Å². The van der Waals surface area contributed by atoms with Crippen molar-refractivity contribution in [3.63, 3.8) is 0 Å². The van der Waals surface area contributed by atoms with Crippen LogP contribution < -0.4 is 11.4 Å². The average molecular weight is 380 g/mol. The van der Waals surface area contributed by atoms with Gasteiger partial charge in [0.1, 0.15) is 23.6 Å². The van der Waals surface area contributed by atoms with Crippen LogP contribution in [0.5, 0.6) is 0 Å². The van der Waals surface area contributed by atoms with E-state index in [0.29, 0.717) is 6.61 Å². The van der Waals surface area contributed by atoms with Crippen molar-refractivity contribution in [3.05, 3.63) is 22.2 Å². The van der Waals surface area contributed by atoms with Gasteiger partial charge in [-0.2, -0.15) is 4.98 Å². The Hall–Kier alpha value is -1.44. The van der Waals surface area contributed by atoms with Crippen molar-refractivity contribution < 1.29 is 14.2 Å². The Labute approximate surface area is 161 Å². The third-order valence-electron chi connectivity index (χ3n) is 5.05. The molecule has 2 aliphatic heterocycles. The lowest BCUT2D eigenvalue weighted by Crippen LogP contribution is -2.54. The van der Waals surface area contributed by atoms with Gasteiger partial charge in [0.05, 0.1) is 12.2 Å². The standard InChI is InChI=1S/C20H33N3O4/c1-12-10-23(17(24)22-15(12)21)16-13-14(26-19(5,6)7)20(27-16,8-9-25-13)11-18(2,3)4/h10,13-14,16H,8-9,11H2,1-7H3,(H2,21,22,24)/t13?,14-,16-,20-/m1/s1. The van der Waals surface area contributed by atoms with Gasteiger partial charge in [0.2, 0.25) is 0 Å². The zero-order valence-corrected chi connectivity index (χ0v) is 17.5. The number of anilines is 1. The first-order valence-corrected chi connectivity index (χ1v) is 9.64. The largest absolute Gasteiger partial charge is 0.383 e. The number of nitrogen functional groups attached to an aromatic ring is 1. The minimum absolute atomic E-state index is 0.0382. The molecule has 0 aromatic carbocycles. The highest BCUT2D eigenvalue weighted by Gasteiger charge is 2.61. The van der Waals surface area contributed by atoms with Crippen LogP contribution in [-0.4, -0.2) is 39.6 Å². The lowest BCUT2D eigenvalue weighted by Gasteiger charge is -2.44. The summed E-state index contributed by atoms with van der Waals surface area (Å²) in [5.74, 6) is 0.241. The topological polar surface area (TPSA) is 88.6 Å². The Morgan fingerprint density at radius 1 is 1.33 bits per heavy atom. The Morgan fingerprint density at radius 2 is 2.00 bits per heavy atom. The fraction of sp³-hybridized carbons (Fsp3) is 0.800. The van der Waals surface area contributed by atoms with E-state index in [1.165, 1.54) is 4.57 Å². The Morgan fingerprint density at radius 3 is 2.59 bits per heavy atom. The number of rotatable bonds is 3. The second-order valence-corrected chi connectivity index (χ2v) is 10.0. The van der Waals surface area contributed by atoms with Gasteiger partial charge in [0.25, 0.3) is 0 Å². The summed E-state index contributed by atoms with van der Waals surface area (Å²) in [6, 6.07) is 0. The molecule has 4 atom stereocenters. The number of hydrogen-bond donors (Lipinski definition) is 1. The summed E-state index contributed by atoms with van der Waals surface area (Å²) in [7, 11) is 0. The highest BCUT2D eigenvalue weighted by Crippen LogP contribution is 2.51. The summed E-state index contributed by atoms with van der Waals surface area (Å²) in [5, 5.41) is 0. The first kappa shape index (κ1) is 20.3. The van der Waals surface area contributed by atoms with Crippen LogP contribution in [0.1, 0.15) is 66.2 Å². The number of nitrogens with zero attached hydrogens (tertiary/aromatic N) is 2. The zero-order valence-electron chi connectivity index (χ0n) is 17.5. The molecule has 0 radical (unpaired) electrons. The van der Waals surface area contributed by atoms with E-state index in [2.05, 4.69) is 25.8 Å². The molecule has 27 heavy (non-hydrogen) atoms. The lowest BCUT2D eigenvalue weighted by atomic mass is 9.76. The van der Waals surface area contributed by atoms with Crippen LogP contribution in [0.25, 0.3) is 0 Å². The number of fused-ring (bicyclic) bond motifs is 2. The summed E-state index contributed by atoms with van der Waals surface area (Å²) in [6.45, 7) is 15.1. The average Bonchev–Trinajstić information content (AvgIpc) is 2.64. The van der Waals surface area contributed by atoms with E-state index >= 15 is 0 Å². The number of aromatic nitrogens is 2. The van der Waals surface area contributed by atoms with Crippen LogP contribution in [-0.2, 0) is 14.2 Å². The summed E-state index contributed by atoms with van der Waals surface area (Å²) in [4.78, 5) is 16.5. The number of nitrogens with two attached hydrogens (primary N) is 1. The van der Waals surface area contributed by atoms with E-state index in [4.69, 9.17) is 19.9 Å². The van der Waals surface area contributed by atoms with Crippen molar-refractivity contribution >= 4 is 5.82 Å². The smallest absolute Gasteiger partial charge is 0.351 e. The quantitative estimate of drug-likeness (QED) is 0.869. The van der Waals surface area contributed by atoms with Gasteiger partial charge >= 0.3 is 5.69 Å². The first-order chi connectivity index (χ1) is 12.3. The Kier molecular flexibility index (Phi) is 4.94. The molecule has 0 saturated carbocycles. The highest BCUT2D eigenvalue weighted by atomic mass is 16.6. The molecule has 0 amide bonds. The molecule has 2 N–H and O–H groups in total. The first-order valence-electron chi connectivity index (χ1n) is 9.64. The summed E-state index contributed by atoms with van der Waals surface area (Å²) in [5.41, 5.74) is 5.27. The second kappa shape index (κ2) is 6.57. The molecule has 2 aliphatic rings. The van der Waals surface area contributed by atoms with Crippen LogP contribution in [0.4, 0.5) is 5.82 Å². The second-order valence-electron chi connectivity index (χ2n) is 10.0. The van der Waals surface area contributed by atoms with Crippen LogP contribution in [0.3, 0.4) is 0 Å². The minimum Gasteiger partial charge on any atom is -0.383 e. The van der Waals surface area contributed by atoms with Crippen molar-refractivity contribution in [1.82, 2.24) is 9.55 Å². The molecule has 0 aliphatic carbocycles. The maximum absolute atomic E-state index is 12.5. The van der Waals surface area contributed by atoms with E-state index in [0.717, 1.165) is 18.4 Å². The van der Waals surface area contributed by atoms with Crippen molar-refractivity contribution in [2.75, 3.05) is 12.3 Å². The van der Waals surface area contributed by atoms with Gasteiger partial charge in [-0.25, -0.2) is 4.79 Å². The molecule has 7 nitrogen and oxygen atoms in total. The van der Waals surface area contributed by atoms with Gasteiger partial charge in [0.15, 0.2) is 6.23 Å². The predicted molar refractivity (Wildman–Crippen MR) is 104 cm³/mol. The zero-order chi connectivity index (χ0) is 20.2. The van der Waals surface area contributed by atoms with Crippen molar-refractivity contribution in [3.8, 4) is 0 Å². The van der Waals surface area contributed by atoms with Crippen molar-refractivity contribution in [1.29, 1.82) is 0 Å². The van der Waals surface area contributed by atoms with Gasteiger partial charge in [0, 0.05) is 18.2 Å². The molecule has 152 valence electrons. The Bertz CT molecular complexity index is 762. The fourth-order valence-corrected chi connectivity index (χ4v) is 4.22. The Balaban J connectivity index is 2.06. The van der Waals surface area contributed by atoms with Crippen molar-refractivity contribution in [2.24, 2.45) is 5.41 Å². The molecule has 2 bridgehead atoms. The highest BCUT2D eigenvalue weighted by molar-refractivity contribution is 5.35. The molecule has 1 aromatic rings. The molecule has 1 unspecified atom stereocenters. The number of ether oxygens (including phenoxy) is 3. The molecule has 7 heteroatoms.